The van der Waals surface area contributed by atoms with Crippen LogP contribution < -0.4 is 0 Å². The number of rotatable bonds is 4. The Morgan fingerprint density at radius 1 is 1.21 bits per heavy atom. The van der Waals surface area contributed by atoms with Crippen molar-refractivity contribution < 1.29 is 9.53 Å². The zero-order valence-electron chi connectivity index (χ0n) is 15.8. The lowest BCUT2D eigenvalue weighted by Gasteiger charge is -2.44. The molecule has 3 aliphatic rings. The summed E-state index contributed by atoms with van der Waals surface area (Å²) >= 11 is 0. The normalized spacial score (nSPS) is 31.1. The molecule has 138 valence electrons. The Hall–Kier alpha value is -0.650. The van der Waals surface area contributed by atoms with Gasteiger partial charge in [0.25, 0.3) is 0 Å². The van der Waals surface area contributed by atoms with Crippen molar-refractivity contribution in [2.24, 2.45) is 17.3 Å². The third-order valence-electron chi connectivity index (χ3n) is 6.24. The van der Waals surface area contributed by atoms with Gasteiger partial charge >= 0.3 is 0 Å². The van der Waals surface area contributed by atoms with Crippen LogP contribution >= 0.6 is 0 Å². The van der Waals surface area contributed by atoms with Crippen LogP contribution in [0.25, 0.3) is 0 Å². The second-order valence-corrected chi connectivity index (χ2v) is 8.73. The fraction of sp³-hybridized carbons (Fsp3) is 0.947. The maximum absolute atomic E-state index is 12.6. The van der Waals surface area contributed by atoms with E-state index in [1.54, 1.807) is 0 Å². The summed E-state index contributed by atoms with van der Waals surface area (Å²) in [6.45, 7) is 10.2. The van der Waals surface area contributed by atoms with Crippen LogP contribution in [-0.2, 0) is 9.53 Å². The molecule has 1 aliphatic carbocycles. The molecule has 2 heterocycles. The molecular formula is C19H35N3O2. The van der Waals surface area contributed by atoms with Gasteiger partial charge in [-0.15, -0.1) is 0 Å². The molecule has 0 unspecified atom stereocenters. The van der Waals surface area contributed by atoms with Crippen molar-refractivity contribution in [2.45, 2.75) is 32.6 Å². The summed E-state index contributed by atoms with van der Waals surface area (Å²) in [5.74, 6) is 1.48. The molecule has 24 heavy (non-hydrogen) atoms. The van der Waals surface area contributed by atoms with Crippen LogP contribution in [0.1, 0.15) is 32.6 Å². The molecule has 0 aromatic rings. The van der Waals surface area contributed by atoms with E-state index in [1.165, 1.54) is 0 Å². The predicted octanol–water partition coefficient (Wildman–Crippen LogP) is 1.54. The van der Waals surface area contributed by atoms with Crippen molar-refractivity contribution >= 4 is 5.91 Å². The van der Waals surface area contributed by atoms with Crippen molar-refractivity contribution in [3.8, 4) is 0 Å². The van der Waals surface area contributed by atoms with Gasteiger partial charge in [0, 0.05) is 50.6 Å². The average molecular weight is 338 g/mol. The van der Waals surface area contributed by atoms with Gasteiger partial charge in [-0.25, -0.2) is 0 Å². The van der Waals surface area contributed by atoms with Gasteiger partial charge in [-0.3, -0.25) is 9.69 Å². The van der Waals surface area contributed by atoms with Crippen LogP contribution in [0.15, 0.2) is 0 Å². The molecule has 0 aromatic heterocycles. The average Bonchev–Trinajstić information content (AvgIpc) is 2.72. The molecule has 0 aromatic carbocycles. The fourth-order valence-electron chi connectivity index (χ4n) is 4.48. The third-order valence-corrected chi connectivity index (χ3v) is 6.24. The van der Waals surface area contributed by atoms with Crippen molar-refractivity contribution in [1.82, 2.24) is 14.7 Å². The molecule has 3 fully saturated rings. The maximum atomic E-state index is 12.6. The Balaban J connectivity index is 1.52. The predicted molar refractivity (Wildman–Crippen MR) is 95.9 cm³/mol. The van der Waals surface area contributed by atoms with Crippen molar-refractivity contribution in [2.75, 3.05) is 66.6 Å². The van der Waals surface area contributed by atoms with Crippen molar-refractivity contribution in [3.05, 3.63) is 0 Å². The zero-order chi connectivity index (χ0) is 17.2. The van der Waals surface area contributed by atoms with E-state index in [-0.39, 0.29) is 5.41 Å². The molecular weight excluding hydrogens is 302 g/mol. The van der Waals surface area contributed by atoms with E-state index >= 15 is 0 Å². The molecule has 0 bridgehead atoms. The van der Waals surface area contributed by atoms with Crippen LogP contribution in [0.4, 0.5) is 0 Å². The summed E-state index contributed by atoms with van der Waals surface area (Å²) in [5, 5.41) is 0. The minimum atomic E-state index is 0.256. The van der Waals surface area contributed by atoms with E-state index < -0.39 is 0 Å². The highest BCUT2D eigenvalue weighted by molar-refractivity contribution is 5.79. The van der Waals surface area contributed by atoms with E-state index in [0.717, 1.165) is 84.1 Å². The molecule has 2 aliphatic heterocycles. The number of ether oxygens (including phenoxy) is 1. The summed E-state index contributed by atoms with van der Waals surface area (Å²) in [7, 11) is 4.27. The molecule has 5 nitrogen and oxygen atoms in total. The van der Waals surface area contributed by atoms with Crippen LogP contribution in [0.5, 0.6) is 0 Å². The first-order valence-electron chi connectivity index (χ1n) is 9.71. The van der Waals surface area contributed by atoms with Gasteiger partial charge in [-0.05, 0) is 45.7 Å². The third kappa shape index (κ3) is 4.30. The van der Waals surface area contributed by atoms with Crippen LogP contribution in [-0.4, -0.2) is 87.2 Å². The Morgan fingerprint density at radius 3 is 2.54 bits per heavy atom. The fourth-order valence-corrected chi connectivity index (χ4v) is 4.48. The largest absolute Gasteiger partial charge is 0.379 e. The lowest BCUT2D eigenvalue weighted by Crippen LogP contribution is -2.51. The molecule has 1 spiro atoms. The quantitative estimate of drug-likeness (QED) is 0.780. The Morgan fingerprint density at radius 2 is 1.92 bits per heavy atom. The lowest BCUT2D eigenvalue weighted by molar-refractivity contribution is -0.142. The van der Waals surface area contributed by atoms with Gasteiger partial charge in [-0.1, -0.05) is 6.92 Å². The zero-order valence-corrected chi connectivity index (χ0v) is 15.8. The van der Waals surface area contributed by atoms with Gasteiger partial charge in [0.2, 0.25) is 5.91 Å². The highest BCUT2D eigenvalue weighted by Gasteiger charge is 2.41. The topological polar surface area (TPSA) is 36.0 Å². The van der Waals surface area contributed by atoms with Gasteiger partial charge in [0.1, 0.15) is 0 Å². The summed E-state index contributed by atoms with van der Waals surface area (Å²) in [5.41, 5.74) is 0.256. The van der Waals surface area contributed by atoms with Crippen LogP contribution in [0.2, 0.25) is 0 Å². The van der Waals surface area contributed by atoms with Crippen molar-refractivity contribution in [1.29, 1.82) is 0 Å². The summed E-state index contributed by atoms with van der Waals surface area (Å²) in [6, 6.07) is 0. The van der Waals surface area contributed by atoms with Gasteiger partial charge < -0.3 is 14.5 Å². The van der Waals surface area contributed by atoms with E-state index in [4.69, 9.17) is 4.74 Å². The molecule has 5 heteroatoms. The smallest absolute Gasteiger partial charge is 0.225 e. The summed E-state index contributed by atoms with van der Waals surface area (Å²) < 4.78 is 5.96. The molecule has 3 rings (SSSR count). The van der Waals surface area contributed by atoms with E-state index in [2.05, 4.69) is 35.7 Å². The lowest BCUT2D eigenvalue weighted by atomic mass is 9.74. The number of amides is 1. The minimum Gasteiger partial charge on any atom is -0.379 e. The molecule has 2 saturated heterocycles. The van der Waals surface area contributed by atoms with Crippen molar-refractivity contribution in [3.63, 3.8) is 0 Å². The minimum absolute atomic E-state index is 0.256. The number of likely N-dealkylation sites (tertiary alicyclic amines) is 1. The number of piperidine rings is 1. The number of carbonyl (C=O) groups is 1. The standard InChI is InChI=1S/C19H35N3O2/c1-16-12-17(13-16)18(23)22-6-4-19(5-7-22)14-21(9-8-20(2)3)10-11-24-15-19/h16-17H,4-15H2,1-3H3. The van der Waals surface area contributed by atoms with E-state index in [1.807, 2.05) is 0 Å². The Labute approximate surface area is 147 Å². The van der Waals surface area contributed by atoms with Gasteiger partial charge in [0.05, 0.1) is 13.2 Å². The number of likely N-dealkylation sites (N-methyl/N-ethyl adjacent to an activating group) is 1. The number of hydrogen-bond donors (Lipinski definition) is 0. The van der Waals surface area contributed by atoms with Crippen LogP contribution in [0, 0.1) is 17.3 Å². The van der Waals surface area contributed by atoms with E-state index in [9.17, 15) is 4.79 Å². The Bertz CT molecular complexity index is 426. The molecule has 0 N–H and O–H groups in total. The van der Waals surface area contributed by atoms with Gasteiger partial charge in [-0.2, -0.15) is 0 Å². The first kappa shape index (κ1) is 18.2. The molecule has 0 radical (unpaired) electrons. The first-order valence-corrected chi connectivity index (χ1v) is 9.71. The number of nitrogens with zero attached hydrogens (tertiary/aromatic N) is 3. The SMILES string of the molecule is CC1CC(C(=O)N2CCC3(CC2)COCCN(CCN(C)C)C3)C1. The summed E-state index contributed by atoms with van der Waals surface area (Å²) in [6.07, 6.45) is 4.39. The summed E-state index contributed by atoms with van der Waals surface area (Å²) in [4.78, 5) is 19.5. The molecule has 0 atom stereocenters. The van der Waals surface area contributed by atoms with Crippen LogP contribution in [0.3, 0.4) is 0 Å². The highest BCUT2D eigenvalue weighted by Crippen LogP contribution is 2.38. The second-order valence-electron chi connectivity index (χ2n) is 8.73. The van der Waals surface area contributed by atoms with E-state index in [0.29, 0.717) is 11.8 Å². The second kappa shape index (κ2) is 7.71. The monoisotopic (exact) mass is 337 g/mol. The van der Waals surface area contributed by atoms with Gasteiger partial charge in [0.15, 0.2) is 0 Å². The number of carbonyl (C=O) groups excluding carboxylic acids is 1. The molecule has 1 amide bonds. The first-order chi connectivity index (χ1) is 11.5. The Kier molecular flexibility index (Phi) is 5.83. The number of hydrogen-bond acceptors (Lipinski definition) is 4. The highest BCUT2D eigenvalue weighted by atomic mass is 16.5. The maximum Gasteiger partial charge on any atom is 0.225 e. The molecule has 1 saturated carbocycles.